The minimum absolute atomic E-state index is 0.683. The van der Waals surface area contributed by atoms with E-state index in [4.69, 9.17) is 0 Å². The highest BCUT2D eigenvalue weighted by atomic mass is 16.3. The molecule has 0 spiro atoms. The highest BCUT2D eigenvalue weighted by Crippen LogP contribution is 2.29. The molecule has 0 fully saturated rings. The monoisotopic (exact) mass is 258 g/mol. The van der Waals surface area contributed by atoms with E-state index in [1.807, 2.05) is 37.3 Å². The smallest absolute Gasteiger partial charge is 0.0901 e. The highest BCUT2D eigenvalue weighted by Gasteiger charge is 2.25. The maximum atomic E-state index is 10.7. The SMILES string of the molecule is CCCNCCC(C)(O)c1cccc2cccnc12. The number of aliphatic hydroxyl groups is 1. The third kappa shape index (κ3) is 3.31. The Kier molecular flexibility index (Phi) is 4.51. The van der Waals surface area contributed by atoms with Gasteiger partial charge in [0.2, 0.25) is 0 Å². The van der Waals surface area contributed by atoms with Gasteiger partial charge in [0.1, 0.15) is 0 Å². The van der Waals surface area contributed by atoms with Gasteiger partial charge in [0.15, 0.2) is 0 Å². The van der Waals surface area contributed by atoms with Crippen LogP contribution in [-0.2, 0) is 5.60 Å². The fourth-order valence-corrected chi connectivity index (χ4v) is 2.31. The number of aromatic nitrogens is 1. The van der Waals surface area contributed by atoms with E-state index in [0.29, 0.717) is 6.42 Å². The van der Waals surface area contributed by atoms with Gasteiger partial charge >= 0.3 is 0 Å². The number of hydrogen-bond acceptors (Lipinski definition) is 3. The second-order valence-corrected chi connectivity index (χ2v) is 5.15. The van der Waals surface area contributed by atoms with Crippen molar-refractivity contribution in [2.24, 2.45) is 0 Å². The van der Waals surface area contributed by atoms with Gasteiger partial charge < -0.3 is 10.4 Å². The second-order valence-electron chi connectivity index (χ2n) is 5.15. The third-order valence-electron chi connectivity index (χ3n) is 3.43. The van der Waals surface area contributed by atoms with Gasteiger partial charge in [-0.25, -0.2) is 0 Å². The molecule has 2 N–H and O–H groups in total. The lowest BCUT2D eigenvalue weighted by Crippen LogP contribution is -2.28. The summed E-state index contributed by atoms with van der Waals surface area (Å²) in [5.74, 6) is 0. The van der Waals surface area contributed by atoms with Crippen LogP contribution in [0.3, 0.4) is 0 Å². The molecule has 3 nitrogen and oxygen atoms in total. The Balaban J connectivity index is 2.22. The number of rotatable bonds is 6. The van der Waals surface area contributed by atoms with Crippen molar-refractivity contribution in [3.05, 3.63) is 42.1 Å². The molecule has 0 bridgehead atoms. The molecule has 1 unspecified atom stereocenters. The molecule has 0 aliphatic heterocycles. The van der Waals surface area contributed by atoms with Crippen LogP contribution < -0.4 is 5.32 Å². The maximum Gasteiger partial charge on any atom is 0.0901 e. The molecule has 3 heteroatoms. The molecule has 0 saturated heterocycles. The minimum Gasteiger partial charge on any atom is -0.385 e. The van der Waals surface area contributed by atoms with Crippen LogP contribution in [0, 0.1) is 0 Å². The number of pyridine rings is 1. The van der Waals surface area contributed by atoms with Crippen LogP contribution in [0.5, 0.6) is 0 Å². The number of para-hydroxylation sites is 1. The molecule has 0 amide bonds. The van der Waals surface area contributed by atoms with Gasteiger partial charge in [-0.05, 0) is 38.9 Å². The van der Waals surface area contributed by atoms with Crippen molar-refractivity contribution >= 4 is 10.9 Å². The summed E-state index contributed by atoms with van der Waals surface area (Å²) in [6.07, 6.45) is 3.57. The molecular weight excluding hydrogens is 236 g/mol. The summed E-state index contributed by atoms with van der Waals surface area (Å²) in [5, 5.41) is 15.1. The summed E-state index contributed by atoms with van der Waals surface area (Å²) < 4.78 is 0. The first-order chi connectivity index (χ1) is 9.15. The van der Waals surface area contributed by atoms with Crippen LogP contribution in [0.1, 0.15) is 32.3 Å². The molecule has 1 aromatic carbocycles. The van der Waals surface area contributed by atoms with Crippen LogP contribution in [0.15, 0.2) is 36.5 Å². The number of benzene rings is 1. The van der Waals surface area contributed by atoms with E-state index in [-0.39, 0.29) is 0 Å². The van der Waals surface area contributed by atoms with Gasteiger partial charge in [0.25, 0.3) is 0 Å². The predicted octanol–water partition coefficient (Wildman–Crippen LogP) is 2.83. The largest absolute Gasteiger partial charge is 0.385 e. The third-order valence-corrected chi connectivity index (χ3v) is 3.43. The number of fused-ring (bicyclic) bond motifs is 1. The number of hydrogen-bond donors (Lipinski definition) is 2. The van der Waals surface area contributed by atoms with Crippen molar-refractivity contribution in [1.29, 1.82) is 0 Å². The van der Waals surface area contributed by atoms with E-state index in [2.05, 4.69) is 17.2 Å². The maximum absolute atomic E-state index is 10.7. The summed E-state index contributed by atoms with van der Waals surface area (Å²) in [5.41, 5.74) is 0.948. The molecule has 0 radical (unpaired) electrons. The highest BCUT2D eigenvalue weighted by molar-refractivity contribution is 5.82. The second kappa shape index (κ2) is 6.13. The Labute approximate surface area is 114 Å². The average Bonchev–Trinajstić information content (AvgIpc) is 2.43. The Bertz CT molecular complexity index is 532. The summed E-state index contributed by atoms with van der Waals surface area (Å²) in [7, 11) is 0. The topological polar surface area (TPSA) is 45.1 Å². The number of nitrogens with zero attached hydrogens (tertiary/aromatic N) is 1. The van der Waals surface area contributed by atoms with Gasteiger partial charge in [0, 0.05) is 17.1 Å². The molecule has 2 rings (SSSR count). The Hall–Kier alpha value is -1.45. The van der Waals surface area contributed by atoms with E-state index in [1.54, 1.807) is 6.20 Å². The molecule has 1 atom stereocenters. The first-order valence-corrected chi connectivity index (χ1v) is 6.92. The van der Waals surface area contributed by atoms with Gasteiger partial charge in [-0.2, -0.15) is 0 Å². The van der Waals surface area contributed by atoms with E-state index in [0.717, 1.165) is 36.0 Å². The van der Waals surface area contributed by atoms with Crippen molar-refractivity contribution in [1.82, 2.24) is 10.3 Å². The predicted molar refractivity (Wildman–Crippen MR) is 79.1 cm³/mol. The van der Waals surface area contributed by atoms with Gasteiger partial charge in [0.05, 0.1) is 11.1 Å². The minimum atomic E-state index is -0.853. The lowest BCUT2D eigenvalue weighted by atomic mass is 9.90. The lowest BCUT2D eigenvalue weighted by Gasteiger charge is -2.25. The zero-order valence-corrected chi connectivity index (χ0v) is 11.7. The van der Waals surface area contributed by atoms with Crippen LogP contribution in [-0.4, -0.2) is 23.2 Å². The van der Waals surface area contributed by atoms with E-state index < -0.39 is 5.60 Å². The normalized spacial score (nSPS) is 14.5. The van der Waals surface area contributed by atoms with E-state index in [9.17, 15) is 5.11 Å². The Morgan fingerprint density at radius 3 is 2.79 bits per heavy atom. The molecule has 19 heavy (non-hydrogen) atoms. The Morgan fingerprint density at radius 1 is 1.21 bits per heavy atom. The van der Waals surface area contributed by atoms with Gasteiger partial charge in [-0.3, -0.25) is 4.98 Å². The lowest BCUT2D eigenvalue weighted by molar-refractivity contribution is 0.0494. The summed E-state index contributed by atoms with van der Waals surface area (Å²) in [4.78, 5) is 4.41. The molecule has 102 valence electrons. The van der Waals surface area contributed by atoms with Crippen LogP contribution >= 0.6 is 0 Å². The summed E-state index contributed by atoms with van der Waals surface area (Å²) in [6, 6.07) is 9.92. The van der Waals surface area contributed by atoms with Crippen molar-refractivity contribution < 1.29 is 5.11 Å². The van der Waals surface area contributed by atoms with E-state index >= 15 is 0 Å². The Morgan fingerprint density at radius 2 is 2.00 bits per heavy atom. The fourth-order valence-electron chi connectivity index (χ4n) is 2.31. The average molecular weight is 258 g/mol. The van der Waals surface area contributed by atoms with Gasteiger partial charge in [-0.1, -0.05) is 31.2 Å². The number of nitrogens with one attached hydrogen (secondary N) is 1. The zero-order chi connectivity index (χ0) is 13.7. The standard InChI is InChI=1S/C16H22N2O/c1-3-10-17-12-9-16(2,19)14-8-4-6-13-7-5-11-18-15(13)14/h4-8,11,17,19H,3,9-10,12H2,1-2H3. The molecule has 2 aromatic rings. The van der Waals surface area contributed by atoms with E-state index in [1.165, 1.54) is 0 Å². The molecular formula is C16H22N2O. The molecule has 1 aromatic heterocycles. The van der Waals surface area contributed by atoms with Crippen molar-refractivity contribution in [3.8, 4) is 0 Å². The van der Waals surface area contributed by atoms with Crippen LogP contribution in [0.25, 0.3) is 10.9 Å². The van der Waals surface area contributed by atoms with Crippen LogP contribution in [0.2, 0.25) is 0 Å². The molecule has 0 saturated carbocycles. The molecule has 0 aliphatic carbocycles. The van der Waals surface area contributed by atoms with Crippen molar-refractivity contribution in [3.63, 3.8) is 0 Å². The summed E-state index contributed by atoms with van der Waals surface area (Å²) in [6.45, 7) is 5.80. The van der Waals surface area contributed by atoms with Crippen LogP contribution in [0.4, 0.5) is 0 Å². The van der Waals surface area contributed by atoms with Crippen molar-refractivity contribution in [2.45, 2.75) is 32.3 Å². The quantitative estimate of drug-likeness (QED) is 0.783. The molecule has 0 aliphatic rings. The zero-order valence-electron chi connectivity index (χ0n) is 11.7. The van der Waals surface area contributed by atoms with Gasteiger partial charge in [-0.15, -0.1) is 0 Å². The molecule has 1 heterocycles. The fraction of sp³-hybridized carbons (Fsp3) is 0.438. The first-order valence-electron chi connectivity index (χ1n) is 6.92. The first kappa shape index (κ1) is 14.0. The van der Waals surface area contributed by atoms with Crippen molar-refractivity contribution in [2.75, 3.05) is 13.1 Å². The summed E-state index contributed by atoms with van der Waals surface area (Å²) >= 11 is 0.